The minimum absolute atomic E-state index is 0.575. The van der Waals surface area contributed by atoms with Gasteiger partial charge in [-0.3, -0.25) is 0 Å². The molecule has 5 rings (SSSR count). The van der Waals surface area contributed by atoms with Crippen LogP contribution in [0.2, 0.25) is 0 Å². The minimum Gasteiger partial charge on any atom is -0.361 e. The highest BCUT2D eigenvalue weighted by Gasteiger charge is 2.04. The number of hydrogen-bond donors (Lipinski definition) is 4. The Hall–Kier alpha value is -3.80. The number of rotatable bonds is 5. The number of hydrogen-bond acceptors (Lipinski definition) is 4. The summed E-state index contributed by atoms with van der Waals surface area (Å²) in [6.07, 6.45) is 3.68. The van der Waals surface area contributed by atoms with Crippen LogP contribution in [-0.2, 0) is 6.54 Å². The molecule has 28 heavy (non-hydrogen) atoms. The predicted molar refractivity (Wildman–Crippen MR) is 113 cm³/mol. The third-order valence-electron chi connectivity index (χ3n) is 4.64. The fraction of sp³-hybridized carbons (Fsp3) is 0.0455. The van der Waals surface area contributed by atoms with Crippen molar-refractivity contribution in [1.82, 2.24) is 19.9 Å². The topological polar surface area (TPSA) is 81.4 Å². The molecule has 5 aromatic rings. The number of fused-ring (bicyclic) bond motifs is 2. The van der Waals surface area contributed by atoms with Gasteiger partial charge in [-0.2, -0.15) is 4.98 Å². The van der Waals surface area contributed by atoms with Gasteiger partial charge < -0.3 is 20.6 Å². The van der Waals surface area contributed by atoms with Crippen LogP contribution in [0.25, 0.3) is 21.8 Å². The number of anilines is 3. The molecule has 0 aliphatic rings. The Morgan fingerprint density at radius 2 is 1.86 bits per heavy atom. The molecular weight excluding hydrogens is 348 g/mol. The maximum Gasteiger partial charge on any atom is 0.224 e. The minimum atomic E-state index is 0.575. The van der Waals surface area contributed by atoms with Gasteiger partial charge in [-0.25, -0.2) is 4.98 Å². The average molecular weight is 366 g/mol. The molecule has 6 heteroatoms. The second kappa shape index (κ2) is 6.74. The van der Waals surface area contributed by atoms with Crippen LogP contribution in [-0.4, -0.2) is 19.9 Å². The van der Waals surface area contributed by atoms with Crippen molar-refractivity contribution in [1.29, 1.82) is 0 Å². The predicted octanol–water partition coefficient (Wildman–Crippen LogP) is 4.85. The Balaban J connectivity index is 1.30. The lowest BCUT2D eigenvalue weighted by Crippen LogP contribution is -2.04. The van der Waals surface area contributed by atoms with Crippen LogP contribution in [0.3, 0.4) is 0 Å². The van der Waals surface area contributed by atoms with Crippen LogP contribution < -0.4 is 10.6 Å². The highest BCUT2D eigenvalue weighted by molar-refractivity contribution is 5.85. The quantitative estimate of drug-likeness (QED) is 0.358. The van der Waals surface area contributed by atoms with Crippen LogP contribution in [0.5, 0.6) is 0 Å². The van der Waals surface area contributed by atoms with Gasteiger partial charge in [-0.1, -0.05) is 6.07 Å². The Morgan fingerprint density at radius 1 is 0.929 bits per heavy atom. The molecule has 136 valence electrons. The van der Waals surface area contributed by atoms with Crippen molar-refractivity contribution in [2.24, 2.45) is 0 Å². The van der Waals surface area contributed by atoms with Gasteiger partial charge in [0.05, 0.1) is 0 Å². The van der Waals surface area contributed by atoms with Gasteiger partial charge in [-0.15, -0.1) is 0 Å². The molecule has 2 radical (unpaired) electrons. The van der Waals surface area contributed by atoms with Crippen molar-refractivity contribution in [3.63, 3.8) is 0 Å². The van der Waals surface area contributed by atoms with Gasteiger partial charge >= 0.3 is 0 Å². The van der Waals surface area contributed by atoms with Gasteiger partial charge in [0, 0.05) is 53.7 Å². The van der Waals surface area contributed by atoms with E-state index in [1.807, 2.05) is 36.5 Å². The van der Waals surface area contributed by atoms with Crippen molar-refractivity contribution in [2.75, 3.05) is 10.6 Å². The molecule has 0 bridgehead atoms. The van der Waals surface area contributed by atoms with E-state index in [0.717, 1.165) is 27.9 Å². The molecule has 0 aliphatic carbocycles. The third kappa shape index (κ3) is 3.27. The lowest BCUT2D eigenvalue weighted by molar-refractivity contribution is 1.06. The van der Waals surface area contributed by atoms with Crippen molar-refractivity contribution in [3.8, 4) is 0 Å². The molecule has 3 aromatic heterocycles. The highest BCUT2D eigenvalue weighted by Crippen LogP contribution is 2.22. The first-order valence-electron chi connectivity index (χ1n) is 9.01. The molecule has 6 nitrogen and oxygen atoms in total. The summed E-state index contributed by atoms with van der Waals surface area (Å²) in [7, 11) is 0. The summed E-state index contributed by atoms with van der Waals surface area (Å²) in [6.45, 7) is 6.46. The molecule has 0 saturated heterocycles. The van der Waals surface area contributed by atoms with E-state index < -0.39 is 0 Å². The fourth-order valence-electron chi connectivity index (χ4n) is 3.29. The Morgan fingerprint density at radius 3 is 2.82 bits per heavy atom. The van der Waals surface area contributed by atoms with Crippen LogP contribution >= 0.6 is 0 Å². The molecule has 0 saturated carbocycles. The van der Waals surface area contributed by atoms with Crippen LogP contribution in [0.1, 0.15) is 11.3 Å². The van der Waals surface area contributed by atoms with Crippen LogP contribution in [0.4, 0.5) is 17.5 Å². The van der Waals surface area contributed by atoms with Crippen molar-refractivity contribution in [2.45, 2.75) is 6.54 Å². The molecule has 0 aliphatic heterocycles. The van der Waals surface area contributed by atoms with Gasteiger partial charge in [0.15, 0.2) is 0 Å². The smallest absolute Gasteiger partial charge is 0.224 e. The highest BCUT2D eigenvalue weighted by atomic mass is 15.1. The zero-order valence-electron chi connectivity index (χ0n) is 15.0. The van der Waals surface area contributed by atoms with E-state index in [-0.39, 0.29) is 0 Å². The fourth-order valence-corrected chi connectivity index (χ4v) is 3.29. The number of aromatic nitrogens is 4. The van der Waals surface area contributed by atoms with Crippen molar-refractivity contribution < 1.29 is 0 Å². The number of aromatic amines is 2. The van der Waals surface area contributed by atoms with E-state index in [4.69, 9.17) is 6.92 Å². The maximum atomic E-state index is 5.81. The number of nitrogens with zero attached hydrogens (tertiary/aromatic N) is 2. The van der Waals surface area contributed by atoms with Crippen molar-refractivity contribution in [3.05, 3.63) is 85.2 Å². The molecule has 0 fully saturated rings. The number of nitrogens with one attached hydrogen (secondary N) is 4. The zero-order valence-corrected chi connectivity index (χ0v) is 15.0. The summed E-state index contributed by atoms with van der Waals surface area (Å²) in [5.41, 5.74) is 4.90. The van der Waals surface area contributed by atoms with Gasteiger partial charge in [0.2, 0.25) is 5.95 Å². The standard InChI is InChI=1S/C22H18N6/c1-14-10-17-12-18(3-5-20(17)26-14)27-21-7-9-24-22(28-21)25-13-15-2-4-19-16(11-15)6-8-23-19/h1-12,23,26H,13H2,(H2,24,25,27,28). The first-order valence-corrected chi connectivity index (χ1v) is 9.01. The summed E-state index contributed by atoms with van der Waals surface area (Å²) in [5.74, 6) is 1.30. The lowest BCUT2D eigenvalue weighted by atomic mass is 10.1. The molecule has 2 aromatic carbocycles. The first-order chi connectivity index (χ1) is 13.7. The van der Waals surface area contributed by atoms with E-state index in [0.29, 0.717) is 18.2 Å². The summed E-state index contributed by atoms with van der Waals surface area (Å²) in [4.78, 5) is 15.2. The van der Waals surface area contributed by atoms with Crippen molar-refractivity contribution >= 4 is 39.3 Å². The van der Waals surface area contributed by atoms with E-state index in [2.05, 4.69) is 54.8 Å². The van der Waals surface area contributed by atoms with Crippen LogP contribution in [0, 0.1) is 6.92 Å². The molecular formula is C22H18N6. The molecule has 3 heterocycles. The maximum absolute atomic E-state index is 5.81. The molecule has 4 N–H and O–H groups in total. The average Bonchev–Trinajstić information content (AvgIpc) is 3.31. The number of H-pyrrole nitrogens is 2. The monoisotopic (exact) mass is 366 g/mol. The van der Waals surface area contributed by atoms with E-state index in [1.54, 1.807) is 6.20 Å². The summed E-state index contributed by atoms with van der Waals surface area (Å²) >= 11 is 0. The molecule has 0 atom stereocenters. The first kappa shape index (κ1) is 16.4. The second-order valence-corrected chi connectivity index (χ2v) is 6.67. The Bertz CT molecular complexity index is 1270. The van der Waals surface area contributed by atoms with Gasteiger partial charge in [0.1, 0.15) is 5.82 Å². The summed E-state index contributed by atoms with van der Waals surface area (Å²) < 4.78 is 0. The normalized spacial score (nSPS) is 11.2. The molecule has 0 unspecified atom stereocenters. The number of benzene rings is 2. The second-order valence-electron chi connectivity index (χ2n) is 6.67. The SMILES string of the molecule is [CH]c1cc2cc(Nc3ccnc(NCc4ccc5[nH]ccc5c4)n3)ccc2[nH]1. The van der Waals surface area contributed by atoms with E-state index in [1.165, 1.54) is 10.9 Å². The lowest BCUT2D eigenvalue weighted by Gasteiger charge is -2.09. The molecule has 0 amide bonds. The largest absolute Gasteiger partial charge is 0.361 e. The summed E-state index contributed by atoms with van der Waals surface area (Å²) in [6, 6.07) is 18.1. The third-order valence-corrected chi connectivity index (χ3v) is 4.64. The Kier molecular flexibility index (Phi) is 3.94. The van der Waals surface area contributed by atoms with Gasteiger partial charge in [-0.05, 0) is 59.5 Å². The van der Waals surface area contributed by atoms with Gasteiger partial charge in [0.25, 0.3) is 0 Å². The summed E-state index contributed by atoms with van der Waals surface area (Å²) in [5, 5.41) is 8.84. The van der Waals surface area contributed by atoms with E-state index in [9.17, 15) is 0 Å². The van der Waals surface area contributed by atoms with E-state index >= 15 is 0 Å². The van der Waals surface area contributed by atoms with Crippen LogP contribution in [0.15, 0.2) is 67.0 Å². The zero-order chi connectivity index (χ0) is 18.9. The Labute approximate surface area is 162 Å². The molecule has 0 spiro atoms.